The number of hydrogen-bond acceptors (Lipinski definition) is 4. The highest BCUT2D eigenvalue weighted by Crippen LogP contribution is 2.46. The molecule has 3 heterocycles. The van der Waals surface area contributed by atoms with E-state index in [0.29, 0.717) is 17.8 Å². The van der Waals surface area contributed by atoms with Gasteiger partial charge in [0.1, 0.15) is 0 Å². The van der Waals surface area contributed by atoms with Crippen LogP contribution < -0.4 is 16.5 Å². The maximum Gasteiger partial charge on any atom is 0.418 e. The lowest BCUT2D eigenvalue weighted by Gasteiger charge is -2.46. The van der Waals surface area contributed by atoms with Crippen LogP contribution in [-0.4, -0.2) is 33.7 Å². The van der Waals surface area contributed by atoms with E-state index in [9.17, 15) is 18.0 Å². The number of nitrogens with one attached hydrogen (secondary N) is 2. The number of halogens is 3. The van der Waals surface area contributed by atoms with Gasteiger partial charge in [0, 0.05) is 18.4 Å². The van der Waals surface area contributed by atoms with Gasteiger partial charge in [-0.05, 0) is 56.2 Å². The van der Waals surface area contributed by atoms with Gasteiger partial charge in [-0.25, -0.2) is 15.6 Å². The molecule has 0 spiro atoms. The van der Waals surface area contributed by atoms with Gasteiger partial charge in [-0.1, -0.05) is 25.7 Å². The van der Waals surface area contributed by atoms with Crippen LogP contribution in [0.15, 0.2) is 29.3 Å². The summed E-state index contributed by atoms with van der Waals surface area (Å²) in [7, 11) is 2.12. The predicted octanol–water partition coefficient (Wildman–Crippen LogP) is 3.59. The van der Waals surface area contributed by atoms with Gasteiger partial charge in [0.2, 0.25) is 0 Å². The molecule has 5 rings (SSSR count). The minimum Gasteiger partial charge on any atom is -0.295 e. The molecule has 6 nitrogen and oxygen atoms in total. The van der Waals surface area contributed by atoms with Crippen LogP contribution >= 0.6 is 0 Å². The molecule has 4 unspecified atom stereocenters. The molecule has 31 heavy (non-hydrogen) atoms. The van der Waals surface area contributed by atoms with Crippen molar-refractivity contribution < 1.29 is 13.2 Å². The van der Waals surface area contributed by atoms with Crippen LogP contribution in [-0.2, 0) is 6.18 Å². The summed E-state index contributed by atoms with van der Waals surface area (Å²) in [5.74, 6) is 1.60. The molecule has 4 atom stereocenters. The van der Waals surface area contributed by atoms with E-state index in [1.54, 1.807) is 4.57 Å². The predicted molar refractivity (Wildman–Crippen MR) is 111 cm³/mol. The van der Waals surface area contributed by atoms with Crippen LogP contribution in [0.25, 0.3) is 5.52 Å². The van der Waals surface area contributed by atoms with Crippen molar-refractivity contribution in [3.8, 4) is 0 Å². The largest absolute Gasteiger partial charge is 0.418 e. The van der Waals surface area contributed by atoms with Crippen molar-refractivity contribution >= 4 is 5.52 Å². The number of alkyl halides is 3. The first-order chi connectivity index (χ1) is 14.8. The molecular weight excluding hydrogens is 407 g/mol. The first-order valence-corrected chi connectivity index (χ1v) is 11.3. The van der Waals surface area contributed by atoms with Gasteiger partial charge in [0.25, 0.3) is 0 Å². The number of nitrogens with zero attached hydrogens (tertiary/aromatic N) is 3. The smallest absolute Gasteiger partial charge is 0.295 e. The second-order valence-electron chi connectivity index (χ2n) is 9.52. The summed E-state index contributed by atoms with van der Waals surface area (Å²) in [6, 6.07) is 2.28. The van der Waals surface area contributed by atoms with Crippen LogP contribution in [0.3, 0.4) is 0 Å². The molecular formula is C22H30F3N5O. The molecule has 2 aromatic heterocycles. The highest BCUT2D eigenvalue weighted by Gasteiger charge is 2.43. The number of hydrogen-bond donors (Lipinski definition) is 2. The highest BCUT2D eigenvalue weighted by atomic mass is 19.4. The first-order valence-electron chi connectivity index (χ1n) is 11.3. The molecule has 2 N–H and O–H groups in total. The van der Waals surface area contributed by atoms with Crippen molar-refractivity contribution in [2.45, 2.75) is 63.3 Å². The van der Waals surface area contributed by atoms with Crippen LogP contribution in [0.5, 0.6) is 0 Å². The van der Waals surface area contributed by atoms with E-state index in [1.165, 1.54) is 37.7 Å². The van der Waals surface area contributed by atoms with Crippen molar-refractivity contribution in [2.75, 3.05) is 13.7 Å². The topological polar surface area (TPSA) is 53.7 Å². The van der Waals surface area contributed by atoms with Crippen LogP contribution in [0.1, 0.15) is 56.6 Å². The minimum absolute atomic E-state index is 0.0564. The average Bonchev–Trinajstić information content (AvgIpc) is 3.27. The monoisotopic (exact) mass is 437 g/mol. The number of imidazole rings is 1. The number of fused-ring (bicyclic) bond motifs is 1. The standard InChI is InChI=1S/C22H30F3N5O/c1-28-13-26-27-20(28)19(14-5-2-6-14)15-7-3-8-16(11-15)30-12-18-17(22(23,24)25)9-4-10-29(18)21(30)31/h4,9-10,12,14-16,19-20,26-27H,2-3,5-8,11,13H2,1H3. The van der Waals surface area contributed by atoms with Crippen molar-refractivity contribution in [2.24, 2.45) is 17.8 Å². The first kappa shape index (κ1) is 21.0. The molecule has 0 amide bonds. The van der Waals surface area contributed by atoms with Gasteiger partial charge >= 0.3 is 11.9 Å². The zero-order valence-electron chi connectivity index (χ0n) is 17.7. The zero-order chi connectivity index (χ0) is 21.8. The molecule has 3 aliphatic rings. The van der Waals surface area contributed by atoms with E-state index >= 15 is 0 Å². The Hall–Kier alpha value is -1.84. The normalized spacial score (nSPS) is 29.4. The fourth-order valence-corrected chi connectivity index (χ4v) is 6.03. The van der Waals surface area contributed by atoms with E-state index in [-0.39, 0.29) is 23.4 Å². The average molecular weight is 438 g/mol. The molecule has 2 aromatic rings. The molecule has 0 radical (unpaired) electrons. The van der Waals surface area contributed by atoms with Crippen LogP contribution in [0, 0.1) is 17.8 Å². The molecule has 2 aliphatic carbocycles. The quantitative estimate of drug-likeness (QED) is 0.768. The summed E-state index contributed by atoms with van der Waals surface area (Å²) >= 11 is 0. The Morgan fingerprint density at radius 2 is 1.87 bits per heavy atom. The summed E-state index contributed by atoms with van der Waals surface area (Å²) in [5.41, 5.74) is 5.51. The Balaban J connectivity index is 1.46. The molecule has 170 valence electrons. The summed E-state index contributed by atoms with van der Waals surface area (Å²) in [6.07, 6.45) is 6.16. The van der Waals surface area contributed by atoms with E-state index < -0.39 is 11.7 Å². The second-order valence-corrected chi connectivity index (χ2v) is 9.52. The SMILES string of the molecule is CN1CNNC1C(C1CCC1)C1CCCC(n2cc3c(C(F)(F)F)cccn3c2=O)C1. The highest BCUT2D eigenvalue weighted by molar-refractivity contribution is 5.55. The Morgan fingerprint density at radius 3 is 2.52 bits per heavy atom. The number of pyridine rings is 1. The molecule has 2 saturated carbocycles. The van der Waals surface area contributed by atoms with Crippen molar-refractivity contribution in [3.63, 3.8) is 0 Å². The lowest BCUT2D eigenvalue weighted by Crippen LogP contribution is -2.50. The van der Waals surface area contributed by atoms with Gasteiger partial charge in [0.05, 0.1) is 23.9 Å². The minimum atomic E-state index is -4.48. The van der Waals surface area contributed by atoms with Gasteiger partial charge in [0.15, 0.2) is 0 Å². The third-order valence-corrected chi connectivity index (χ3v) is 7.76. The fourth-order valence-electron chi connectivity index (χ4n) is 6.03. The number of hydrazine groups is 1. The fraction of sp³-hybridized carbons (Fsp3) is 0.682. The lowest BCUT2D eigenvalue weighted by molar-refractivity contribution is -0.136. The van der Waals surface area contributed by atoms with E-state index in [0.717, 1.165) is 42.8 Å². The van der Waals surface area contributed by atoms with Crippen molar-refractivity contribution in [3.05, 3.63) is 40.6 Å². The Labute approximate surface area is 179 Å². The molecule has 1 aliphatic heterocycles. The Kier molecular flexibility index (Phi) is 5.38. The summed E-state index contributed by atoms with van der Waals surface area (Å²) in [5, 5.41) is 0. The summed E-state index contributed by atoms with van der Waals surface area (Å²) in [6.45, 7) is 0.800. The number of rotatable bonds is 4. The third kappa shape index (κ3) is 3.70. The van der Waals surface area contributed by atoms with E-state index in [2.05, 4.69) is 22.8 Å². The molecule has 3 fully saturated rings. The maximum absolute atomic E-state index is 13.5. The van der Waals surface area contributed by atoms with E-state index in [4.69, 9.17) is 0 Å². The summed E-state index contributed by atoms with van der Waals surface area (Å²) in [4.78, 5) is 15.3. The second kappa shape index (κ2) is 7.94. The van der Waals surface area contributed by atoms with Crippen molar-refractivity contribution in [1.82, 2.24) is 24.7 Å². The molecule has 1 saturated heterocycles. The van der Waals surface area contributed by atoms with E-state index in [1.807, 2.05) is 0 Å². The maximum atomic E-state index is 13.5. The molecule has 9 heteroatoms. The third-order valence-electron chi connectivity index (χ3n) is 7.76. The number of aromatic nitrogens is 2. The Bertz CT molecular complexity index is 995. The van der Waals surface area contributed by atoms with Crippen LogP contribution in [0.2, 0.25) is 0 Å². The lowest BCUT2D eigenvalue weighted by atomic mass is 9.65. The molecule has 0 bridgehead atoms. The van der Waals surface area contributed by atoms with Gasteiger partial charge in [-0.15, -0.1) is 0 Å². The van der Waals surface area contributed by atoms with Gasteiger partial charge in [-0.2, -0.15) is 13.2 Å². The Morgan fingerprint density at radius 1 is 1.13 bits per heavy atom. The van der Waals surface area contributed by atoms with Gasteiger partial charge in [-0.3, -0.25) is 13.9 Å². The van der Waals surface area contributed by atoms with Crippen molar-refractivity contribution in [1.29, 1.82) is 0 Å². The molecule has 0 aromatic carbocycles. The van der Waals surface area contributed by atoms with Gasteiger partial charge < -0.3 is 0 Å². The van der Waals surface area contributed by atoms with Crippen LogP contribution in [0.4, 0.5) is 13.2 Å². The zero-order valence-corrected chi connectivity index (χ0v) is 17.7. The summed E-state index contributed by atoms with van der Waals surface area (Å²) < 4.78 is 43.1.